The number of hydrogen-bond donors (Lipinski definition) is 0. The summed E-state index contributed by atoms with van der Waals surface area (Å²) in [6.45, 7) is 0. The van der Waals surface area contributed by atoms with E-state index in [0.29, 0.717) is 0 Å². The summed E-state index contributed by atoms with van der Waals surface area (Å²) in [5, 5.41) is 12.4. The van der Waals surface area contributed by atoms with E-state index in [4.69, 9.17) is 0 Å². The Labute approximate surface area is 332 Å². The van der Waals surface area contributed by atoms with Crippen LogP contribution in [-0.2, 0) is 0 Å². The largest absolute Gasteiger partial charge is 0.309 e. The van der Waals surface area contributed by atoms with Gasteiger partial charge in [0.05, 0.1) is 11.4 Å². The first-order valence-electron chi connectivity index (χ1n) is 19.7. The molecular formula is C56H37N. The molecule has 0 unspecified atom stereocenters. The van der Waals surface area contributed by atoms with Gasteiger partial charge in [0.2, 0.25) is 0 Å². The van der Waals surface area contributed by atoms with Crippen molar-refractivity contribution < 1.29 is 0 Å². The Bertz CT molecular complexity index is 3290. The lowest BCUT2D eigenvalue weighted by Gasteiger charge is -2.30. The van der Waals surface area contributed by atoms with Crippen LogP contribution in [0.5, 0.6) is 0 Å². The van der Waals surface area contributed by atoms with Crippen molar-refractivity contribution in [3.8, 4) is 33.4 Å². The first-order chi connectivity index (χ1) is 28.3. The monoisotopic (exact) mass is 723 g/mol. The maximum absolute atomic E-state index is 2.48. The summed E-state index contributed by atoms with van der Waals surface area (Å²) >= 11 is 0. The highest BCUT2D eigenvalue weighted by atomic mass is 15.1. The second-order valence-corrected chi connectivity index (χ2v) is 14.9. The van der Waals surface area contributed by atoms with Crippen molar-refractivity contribution >= 4 is 70.9 Å². The van der Waals surface area contributed by atoms with E-state index in [1.807, 2.05) is 0 Å². The van der Waals surface area contributed by atoms with Crippen molar-refractivity contribution in [3.63, 3.8) is 0 Å². The van der Waals surface area contributed by atoms with E-state index in [0.717, 1.165) is 17.1 Å². The molecule has 0 heterocycles. The molecule has 0 atom stereocenters. The van der Waals surface area contributed by atoms with Gasteiger partial charge in [-0.25, -0.2) is 0 Å². The van der Waals surface area contributed by atoms with Gasteiger partial charge in [-0.3, -0.25) is 0 Å². The third-order valence-corrected chi connectivity index (χ3v) is 11.6. The molecule has 0 aliphatic rings. The average molecular weight is 724 g/mol. The first kappa shape index (κ1) is 32.9. The second-order valence-electron chi connectivity index (χ2n) is 14.9. The van der Waals surface area contributed by atoms with E-state index in [9.17, 15) is 0 Å². The fourth-order valence-corrected chi connectivity index (χ4v) is 8.94. The molecule has 0 bridgehead atoms. The predicted molar refractivity (Wildman–Crippen MR) is 245 cm³/mol. The number of rotatable bonds is 6. The fourth-order valence-electron chi connectivity index (χ4n) is 8.94. The van der Waals surface area contributed by atoms with Crippen LogP contribution < -0.4 is 4.90 Å². The lowest BCUT2D eigenvalue weighted by atomic mass is 9.91. The van der Waals surface area contributed by atoms with Crippen LogP contribution in [0.4, 0.5) is 17.1 Å². The molecule has 11 rings (SSSR count). The van der Waals surface area contributed by atoms with Crippen molar-refractivity contribution in [2.45, 2.75) is 0 Å². The number of benzene rings is 11. The van der Waals surface area contributed by atoms with Gasteiger partial charge < -0.3 is 4.90 Å². The molecule has 1 heteroatoms. The zero-order valence-electron chi connectivity index (χ0n) is 31.3. The number of fused-ring (bicyclic) bond motifs is 6. The van der Waals surface area contributed by atoms with Gasteiger partial charge >= 0.3 is 0 Å². The zero-order chi connectivity index (χ0) is 37.7. The van der Waals surface area contributed by atoms with Crippen molar-refractivity contribution in [1.82, 2.24) is 0 Å². The quantitative estimate of drug-likeness (QED) is 0.154. The van der Waals surface area contributed by atoms with E-state index in [1.165, 1.54) is 87.2 Å². The normalized spacial score (nSPS) is 11.5. The second kappa shape index (κ2) is 13.7. The molecule has 0 aliphatic carbocycles. The maximum Gasteiger partial charge on any atom is 0.0546 e. The van der Waals surface area contributed by atoms with Crippen LogP contribution >= 0.6 is 0 Å². The van der Waals surface area contributed by atoms with E-state index in [2.05, 4.69) is 229 Å². The molecule has 0 saturated carbocycles. The van der Waals surface area contributed by atoms with Crippen molar-refractivity contribution in [1.29, 1.82) is 0 Å². The average Bonchev–Trinajstić information content (AvgIpc) is 3.29. The molecule has 0 amide bonds. The van der Waals surface area contributed by atoms with Crippen LogP contribution in [-0.4, -0.2) is 0 Å². The predicted octanol–water partition coefficient (Wildman–Crippen LogP) is 15.9. The van der Waals surface area contributed by atoms with Crippen LogP contribution in [0.2, 0.25) is 0 Å². The van der Waals surface area contributed by atoms with E-state index < -0.39 is 0 Å². The molecule has 266 valence electrons. The Balaban J connectivity index is 1.18. The molecule has 0 N–H and O–H groups in total. The molecule has 0 saturated heterocycles. The maximum atomic E-state index is 2.48. The molecule has 0 spiro atoms. The van der Waals surface area contributed by atoms with Crippen molar-refractivity contribution in [3.05, 3.63) is 224 Å². The Kier molecular flexibility index (Phi) is 7.89. The number of anilines is 3. The van der Waals surface area contributed by atoms with E-state index in [-0.39, 0.29) is 0 Å². The summed E-state index contributed by atoms with van der Waals surface area (Å²) in [5.74, 6) is 0. The smallest absolute Gasteiger partial charge is 0.0546 e. The fraction of sp³-hybridized carbons (Fsp3) is 0. The Morgan fingerprint density at radius 1 is 0.228 bits per heavy atom. The zero-order valence-corrected chi connectivity index (χ0v) is 31.3. The minimum absolute atomic E-state index is 1.09. The number of nitrogens with zero attached hydrogens (tertiary/aromatic N) is 1. The van der Waals surface area contributed by atoms with Crippen LogP contribution in [0, 0.1) is 0 Å². The molecule has 1 nitrogen and oxygen atoms in total. The van der Waals surface area contributed by atoms with Gasteiger partial charge in [0.25, 0.3) is 0 Å². The van der Waals surface area contributed by atoms with Crippen LogP contribution in [0.3, 0.4) is 0 Å². The lowest BCUT2D eigenvalue weighted by molar-refractivity contribution is 1.30. The SMILES string of the molecule is c1ccc2c(-c3ccc(-c4cccc5ccccc45)c(N(c4ccc(-c5cc6ccccc6c6ccccc56)cc4)c4cccc5ccccc45)c3)cccc2c1. The van der Waals surface area contributed by atoms with Crippen LogP contribution in [0.1, 0.15) is 0 Å². The summed E-state index contributed by atoms with van der Waals surface area (Å²) in [6, 6.07) is 82.2. The molecule has 11 aromatic carbocycles. The topological polar surface area (TPSA) is 3.24 Å². The highest BCUT2D eigenvalue weighted by molar-refractivity contribution is 6.14. The Morgan fingerprint density at radius 2 is 0.719 bits per heavy atom. The minimum Gasteiger partial charge on any atom is -0.309 e. The third kappa shape index (κ3) is 5.63. The molecule has 0 radical (unpaired) electrons. The van der Waals surface area contributed by atoms with Crippen molar-refractivity contribution in [2.24, 2.45) is 0 Å². The molecule has 11 aromatic rings. The number of hydrogen-bond acceptors (Lipinski definition) is 1. The summed E-state index contributed by atoms with van der Waals surface area (Å²) < 4.78 is 0. The minimum atomic E-state index is 1.09. The Morgan fingerprint density at radius 3 is 1.42 bits per heavy atom. The lowest BCUT2D eigenvalue weighted by Crippen LogP contribution is -2.12. The molecular weight excluding hydrogens is 687 g/mol. The standard InChI is InChI=1S/C56H37N/c1-5-21-45-38(14-1)18-11-27-47(45)43-32-35-53(51-28-12-19-39-15-2-6-22-46(39)51)56(37-43)57(55-29-13-20-40-16-3-8-24-49(40)55)44-33-30-41(31-34-44)54-36-42-17-4-7-23-48(42)50-25-9-10-26-52(50)54/h1-37H. The van der Waals surface area contributed by atoms with Gasteiger partial charge in [-0.05, 0) is 107 Å². The van der Waals surface area contributed by atoms with Gasteiger partial charge in [0.15, 0.2) is 0 Å². The molecule has 0 aromatic heterocycles. The highest BCUT2D eigenvalue weighted by Crippen LogP contribution is 2.47. The van der Waals surface area contributed by atoms with Crippen molar-refractivity contribution in [2.75, 3.05) is 4.90 Å². The van der Waals surface area contributed by atoms with Gasteiger partial charge in [-0.1, -0.05) is 194 Å². The third-order valence-electron chi connectivity index (χ3n) is 11.6. The Hall–Kier alpha value is -7.48. The van der Waals surface area contributed by atoms with Crippen LogP contribution in [0.15, 0.2) is 224 Å². The first-order valence-corrected chi connectivity index (χ1v) is 19.7. The molecule has 0 aliphatic heterocycles. The summed E-state index contributed by atoms with van der Waals surface area (Å²) in [6.07, 6.45) is 0. The molecule has 57 heavy (non-hydrogen) atoms. The van der Waals surface area contributed by atoms with Gasteiger partial charge in [0, 0.05) is 16.6 Å². The van der Waals surface area contributed by atoms with Crippen LogP contribution in [0.25, 0.3) is 87.2 Å². The summed E-state index contributed by atoms with van der Waals surface area (Å²) in [4.78, 5) is 2.48. The van der Waals surface area contributed by atoms with Gasteiger partial charge in [0.1, 0.15) is 0 Å². The van der Waals surface area contributed by atoms with Gasteiger partial charge in [-0.15, -0.1) is 0 Å². The summed E-state index contributed by atoms with van der Waals surface area (Å²) in [5.41, 5.74) is 10.6. The van der Waals surface area contributed by atoms with Gasteiger partial charge in [-0.2, -0.15) is 0 Å². The van der Waals surface area contributed by atoms with E-state index >= 15 is 0 Å². The highest BCUT2D eigenvalue weighted by Gasteiger charge is 2.22. The molecule has 0 fully saturated rings. The van der Waals surface area contributed by atoms with E-state index in [1.54, 1.807) is 0 Å². The summed E-state index contributed by atoms with van der Waals surface area (Å²) in [7, 11) is 0.